The van der Waals surface area contributed by atoms with E-state index < -0.39 is 26.6 Å². The second-order valence-electron chi connectivity index (χ2n) is 5.00. The molecule has 0 aromatic carbocycles. The van der Waals surface area contributed by atoms with Crippen molar-refractivity contribution in [1.29, 1.82) is 0 Å². The zero-order valence-corrected chi connectivity index (χ0v) is 14.4. The molecule has 1 atom stereocenters. The highest BCUT2D eigenvalue weighted by molar-refractivity contribution is 6.80. The first-order valence-electron chi connectivity index (χ1n) is 6.13. The summed E-state index contributed by atoms with van der Waals surface area (Å²) < 4.78 is 12.6. The van der Waals surface area contributed by atoms with Gasteiger partial charge >= 0.3 is 8.56 Å². The van der Waals surface area contributed by atoms with Gasteiger partial charge in [0.25, 0.3) is 0 Å². The summed E-state index contributed by atoms with van der Waals surface area (Å²) in [4.78, 5) is 0. The lowest BCUT2D eigenvalue weighted by Crippen LogP contribution is -2.48. The van der Waals surface area contributed by atoms with E-state index in [1.54, 1.807) is 0 Å². The van der Waals surface area contributed by atoms with Gasteiger partial charge in [-0.25, -0.2) is 0 Å². The van der Waals surface area contributed by atoms with Crippen LogP contribution in [0.2, 0.25) is 38.3 Å². The summed E-state index contributed by atoms with van der Waals surface area (Å²) in [6.07, 6.45) is 9.84. The Morgan fingerprint density at radius 1 is 1.06 bits per heavy atom. The Morgan fingerprint density at radius 2 is 1.62 bits per heavy atom. The molecule has 0 aromatic rings. The summed E-state index contributed by atoms with van der Waals surface area (Å²) in [5, 5.41) is 0. The van der Waals surface area contributed by atoms with Crippen molar-refractivity contribution >= 4 is 26.6 Å². The van der Waals surface area contributed by atoms with Gasteiger partial charge in [0, 0.05) is 5.54 Å². The van der Waals surface area contributed by atoms with Crippen molar-refractivity contribution in [2.75, 3.05) is 0 Å². The molecule has 1 rings (SSSR count). The van der Waals surface area contributed by atoms with E-state index in [2.05, 4.69) is 57.0 Å². The molecule has 1 aliphatic carbocycles. The summed E-state index contributed by atoms with van der Waals surface area (Å²) >= 11 is 0. The van der Waals surface area contributed by atoms with Crippen LogP contribution in [0.4, 0.5) is 0 Å². The van der Waals surface area contributed by atoms with Crippen LogP contribution in [-0.2, 0) is 8.23 Å². The Labute approximate surface area is 104 Å². The minimum absolute atomic E-state index is 0.502. The average Bonchev–Trinajstić information content (AvgIpc) is 2.16. The predicted molar refractivity (Wildman–Crippen MR) is 78.2 cm³/mol. The van der Waals surface area contributed by atoms with Gasteiger partial charge in [0.15, 0.2) is 18.1 Å². The van der Waals surface area contributed by atoms with Crippen molar-refractivity contribution in [2.24, 2.45) is 0 Å². The molecule has 0 amide bonds. The SMILES string of the molecule is C[SiH](C)O[Si](C)(O[SiH](C)C)C1C=CC=CC1. The molecule has 5 heteroatoms. The van der Waals surface area contributed by atoms with Crippen LogP contribution in [0, 0.1) is 0 Å². The van der Waals surface area contributed by atoms with E-state index in [1.807, 2.05) is 0 Å². The highest BCUT2D eigenvalue weighted by Crippen LogP contribution is 2.32. The third-order valence-corrected chi connectivity index (χ3v) is 11.9. The Bertz CT molecular complexity index is 264. The quantitative estimate of drug-likeness (QED) is 0.717. The molecular weight excluding hydrogens is 248 g/mol. The van der Waals surface area contributed by atoms with Crippen molar-refractivity contribution in [1.82, 2.24) is 0 Å². The van der Waals surface area contributed by atoms with Crippen LogP contribution >= 0.6 is 0 Å². The van der Waals surface area contributed by atoms with Gasteiger partial charge in [0.05, 0.1) is 0 Å². The van der Waals surface area contributed by atoms with Crippen LogP contribution in [0.25, 0.3) is 0 Å². The fraction of sp³-hybridized carbons (Fsp3) is 0.636. The standard InChI is InChI=1S/C11H24O2Si3/c1-14(2)12-16(5,13-15(3)4)11-9-7-6-8-10-11/h6-9,11,14-15H,10H2,1-5H3. The number of hydrogen-bond donors (Lipinski definition) is 0. The number of hydrogen-bond acceptors (Lipinski definition) is 2. The van der Waals surface area contributed by atoms with E-state index >= 15 is 0 Å². The van der Waals surface area contributed by atoms with Gasteiger partial charge in [-0.1, -0.05) is 24.3 Å². The Morgan fingerprint density at radius 3 is 2.00 bits per heavy atom. The second-order valence-corrected chi connectivity index (χ2v) is 13.9. The average molecular weight is 273 g/mol. The zero-order chi connectivity index (χ0) is 12.2. The van der Waals surface area contributed by atoms with Crippen molar-refractivity contribution in [2.45, 2.75) is 44.7 Å². The lowest BCUT2D eigenvalue weighted by Gasteiger charge is -2.37. The van der Waals surface area contributed by atoms with Crippen LogP contribution in [0.5, 0.6) is 0 Å². The summed E-state index contributed by atoms with van der Waals surface area (Å²) in [6, 6.07) is 0. The Balaban J connectivity index is 2.76. The van der Waals surface area contributed by atoms with E-state index in [4.69, 9.17) is 8.23 Å². The van der Waals surface area contributed by atoms with Crippen molar-refractivity contribution < 1.29 is 8.23 Å². The van der Waals surface area contributed by atoms with E-state index in [0.717, 1.165) is 6.42 Å². The smallest absolute Gasteiger partial charge is 0.321 e. The minimum atomic E-state index is -1.99. The van der Waals surface area contributed by atoms with Gasteiger partial charge in [-0.05, 0) is 39.2 Å². The van der Waals surface area contributed by atoms with E-state index in [1.165, 1.54) is 0 Å². The van der Waals surface area contributed by atoms with Crippen LogP contribution in [0.3, 0.4) is 0 Å². The maximum Gasteiger partial charge on any atom is 0.321 e. The Hall–Kier alpha value is 0.0506. The topological polar surface area (TPSA) is 18.5 Å². The maximum atomic E-state index is 6.29. The summed E-state index contributed by atoms with van der Waals surface area (Å²) in [6.45, 7) is 11.2. The predicted octanol–water partition coefficient (Wildman–Crippen LogP) is 2.94. The molecule has 0 fully saturated rings. The van der Waals surface area contributed by atoms with Crippen molar-refractivity contribution in [3.05, 3.63) is 24.3 Å². The molecule has 0 N–H and O–H groups in total. The molecular formula is C11H24O2Si3. The molecule has 0 heterocycles. The second kappa shape index (κ2) is 6.11. The molecule has 16 heavy (non-hydrogen) atoms. The van der Waals surface area contributed by atoms with E-state index in [-0.39, 0.29) is 0 Å². The molecule has 0 saturated heterocycles. The highest BCUT2D eigenvalue weighted by Gasteiger charge is 2.40. The van der Waals surface area contributed by atoms with Crippen LogP contribution in [0.1, 0.15) is 6.42 Å². The third kappa shape index (κ3) is 4.14. The van der Waals surface area contributed by atoms with E-state index in [9.17, 15) is 0 Å². The molecule has 2 nitrogen and oxygen atoms in total. The molecule has 0 radical (unpaired) electrons. The first-order valence-corrected chi connectivity index (χ1v) is 14.1. The number of allylic oxidation sites excluding steroid dienone is 4. The lowest BCUT2D eigenvalue weighted by atomic mass is 10.2. The molecule has 1 aliphatic rings. The van der Waals surface area contributed by atoms with Crippen LogP contribution in [0.15, 0.2) is 24.3 Å². The third-order valence-electron chi connectivity index (χ3n) is 2.59. The fourth-order valence-corrected chi connectivity index (χ4v) is 12.7. The van der Waals surface area contributed by atoms with Crippen LogP contribution in [-0.4, -0.2) is 26.6 Å². The summed E-state index contributed by atoms with van der Waals surface area (Å²) in [5.74, 6) is 0. The fourth-order valence-electron chi connectivity index (χ4n) is 2.11. The summed E-state index contributed by atoms with van der Waals surface area (Å²) in [7, 11) is -4.04. The van der Waals surface area contributed by atoms with Crippen LogP contribution < -0.4 is 0 Å². The maximum absolute atomic E-state index is 6.29. The molecule has 0 saturated carbocycles. The molecule has 0 aromatic heterocycles. The molecule has 0 bridgehead atoms. The van der Waals surface area contributed by atoms with Crippen molar-refractivity contribution in [3.63, 3.8) is 0 Å². The van der Waals surface area contributed by atoms with Gasteiger partial charge < -0.3 is 8.23 Å². The van der Waals surface area contributed by atoms with Gasteiger partial charge in [0.2, 0.25) is 0 Å². The van der Waals surface area contributed by atoms with E-state index in [0.29, 0.717) is 5.54 Å². The lowest BCUT2D eigenvalue weighted by molar-refractivity contribution is 0.390. The monoisotopic (exact) mass is 272 g/mol. The summed E-state index contributed by atoms with van der Waals surface area (Å²) in [5.41, 5.74) is 0.502. The van der Waals surface area contributed by atoms with Gasteiger partial charge in [-0.15, -0.1) is 0 Å². The largest absolute Gasteiger partial charge is 0.439 e. The normalized spacial score (nSPS) is 21.1. The molecule has 0 aliphatic heterocycles. The van der Waals surface area contributed by atoms with Gasteiger partial charge in [0.1, 0.15) is 0 Å². The van der Waals surface area contributed by atoms with Gasteiger partial charge in [-0.2, -0.15) is 0 Å². The van der Waals surface area contributed by atoms with Crippen molar-refractivity contribution in [3.8, 4) is 0 Å². The first-order chi connectivity index (χ1) is 7.44. The molecule has 1 unspecified atom stereocenters. The molecule has 92 valence electrons. The first kappa shape index (κ1) is 14.1. The van der Waals surface area contributed by atoms with Gasteiger partial charge in [-0.3, -0.25) is 0 Å². The number of rotatable bonds is 5. The highest BCUT2D eigenvalue weighted by atomic mass is 28.5. The minimum Gasteiger partial charge on any atom is -0.439 e. The Kier molecular flexibility index (Phi) is 5.39. The zero-order valence-electron chi connectivity index (χ0n) is 11.1. The molecule has 0 spiro atoms.